The van der Waals surface area contributed by atoms with Crippen LogP contribution >= 0.6 is 0 Å². The zero-order valence-electron chi connectivity index (χ0n) is 10.5. The van der Waals surface area contributed by atoms with Gasteiger partial charge in [-0.3, -0.25) is 0 Å². The van der Waals surface area contributed by atoms with Gasteiger partial charge in [0.2, 0.25) is 10.0 Å². The summed E-state index contributed by atoms with van der Waals surface area (Å²) in [6.45, 7) is 1.96. The SMILES string of the molecule is Cc1ccc(S(=O)(=O)NC2CCCC2CO)cc1. The lowest BCUT2D eigenvalue weighted by atomic mass is 10.1. The molecule has 2 N–H and O–H groups in total. The fraction of sp³-hybridized carbons (Fsp3) is 0.538. The first-order chi connectivity index (χ1) is 8.53. The van der Waals surface area contributed by atoms with E-state index >= 15 is 0 Å². The second-order valence-electron chi connectivity index (χ2n) is 4.91. The number of aryl methyl sites for hydroxylation is 1. The maximum absolute atomic E-state index is 12.2. The minimum absolute atomic E-state index is 0.0427. The molecular weight excluding hydrogens is 250 g/mol. The van der Waals surface area contributed by atoms with Crippen LogP contribution < -0.4 is 4.72 Å². The molecule has 1 aliphatic carbocycles. The summed E-state index contributed by atoms with van der Waals surface area (Å²) in [5.41, 5.74) is 1.03. The Morgan fingerprint density at radius 3 is 2.56 bits per heavy atom. The van der Waals surface area contributed by atoms with E-state index in [4.69, 9.17) is 0 Å². The Bertz CT molecular complexity index is 495. The number of nitrogens with one attached hydrogen (secondary N) is 1. The molecule has 1 fully saturated rings. The third-order valence-corrected chi connectivity index (χ3v) is 5.04. The normalized spacial score (nSPS) is 24.3. The summed E-state index contributed by atoms with van der Waals surface area (Å²) in [5, 5.41) is 9.21. The Hall–Kier alpha value is -0.910. The first kappa shape index (κ1) is 13.5. The van der Waals surface area contributed by atoms with Crippen molar-refractivity contribution in [1.82, 2.24) is 4.72 Å². The van der Waals surface area contributed by atoms with Gasteiger partial charge in [0.1, 0.15) is 0 Å². The van der Waals surface area contributed by atoms with Gasteiger partial charge in [-0.05, 0) is 37.8 Å². The second kappa shape index (κ2) is 5.38. The molecule has 0 radical (unpaired) electrons. The summed E-state index contributed by atoms with van der Waals surface area (Å²) in [7, 11) is -3.46. The highest BCUT2D eigenvalue weighted by molar-refractivity contribution is 7.89. The van der Waals surface area contributed by atoms with Crippen LogP contribution in [0.4, 0.5) is 0 Å². The molecule has 0 aromatic heterocycles. The summed E-state index contributed by atoms with van der Waals surface area (Å²) in [4.78, 5) is 0.289. The molecule has 1 saturated carbocycles. The molecule has 0 amide bonds. The molecule has 4 nitrogen and oxygen atoms in total. The minimum Gasteiger partial charge on any atom is -0.396 e. The molecule has 2 atom stereocenters. The van der Waals surface area contributed by atoms with Crippen molar-refractivity contribution in [2.45, 2.75) is 37.1 Å². The van der Waals surface area contributed by atoms with Crippen LogP contribution in [-0.4, -0.2) is 26.2 Å². The van der Waals surface area contributed by atoms with E-state index in [-0.39, 0.29) is 23.5 Å². The number of hydrogen-bond acceptors (Lipinski definition) is 3. The van der Waals surface area contributed by atoms with Gasteiger partial charge in [0.25, 0.3) is 0 Å². The third kappa shape index (κ3) is 2.91. The van der Waals surface area contributed by atoms with E-state index in [1.807, 2.05) is 6.92 Å². The lowest BCUT2D eigenvalue weighted by Crippen LogP contribution is -2.38. The fourth-order valence-electron chi connectivity index (χ4n) is 2.40. The number of hydrogen-bond donors (Lipinski definition) is 2. The quantitative estimate of drug-likeness (QED) is 0.869. The minimum atomic E-state index is -3.46. The summed E-state index contributed by atoms with van der Waals surface area (Å²) in [5.74, 6) is 0.0465. The van der Waals surface area contributed by atoms with E-state index in [0.717, 1.165) is 24.8 Å². The molecule has 0 aliphatic heterocycles. The van der Waals surface area contributed by atoms with Crippen LogP contribution in [0.1, 0.15) is 24.8 Å². The number of benzene rings is 1. The van der Waals surface area contributed by atoms with Crippen molar-refractivity contribution in [3.8, 4) is 0 Å². The number of aliphatic hydroxyl groups excluding tert-OH is 1. The van der Waals surface area contributed by atoms with Crippen LogP contribution in [0.25, 0.3) is 0 Å². The molecule has 1 aliphatic rings. The van der Waals surface area contributed by atoms with Crippen LogP contribution in [0.5, 0.6) is 0 Å². The molecule has 0 saturated heterocycles. The number of sulfonamides is 1. The van der Waals surface area contributed by atoms with E-state index in [9.17, 15) is 13.5 Å². The van der Waals surface area contributed by atoms with Crippen LogP contribution in [0, 0.1) is 12.8 Å². The van der Waals surface area contributed by atoms with Crippen molar-refractivity contribution < 1.29 is 13.5 Å². The Balaban J connectivity index is 2.14. The molecule has 100 valence electrons. The molecule has 1 aromatic carbocycles. The molecule has 0 heterocycles. The van der Waals surface area contributed by atoms with Gasteiger partial charge in [-0.15, -0.1) is 0 Å². The van der Waals surface area contributed by atoms with Crippen molar-refractivity contribution in [1.29, 1.82) is 0 Å². The van der Waals surface area contributed by atoms with Gasteiger partial charge in [-0.25, -0.2) is 13.1 Å². The smallest absolute Gasteiger partial charge is 0.240 e. The number of aliphatic hydroxyl groups is 1. The van der Waals surface area contributed by atoms with E-state index in [1.165, 1.54) is 0 Å². The van der Waals surface area contributed by atoms with Crippen LogP contribution in [0.2, 0.25) is 0 Å². The van der Waals surface area contributed by atoms with E-state index in [1.54, 1.807) is 24.3 Å². The highest BCUT2D eigenvalue weighted by Crippen LogP contribution is 2.26. The fourth-order valence-corrected chi connectivity index (χ4v) is 3.73. The molecule has 1 aromatic rings. The number of rotatable bonds is 4. The standard InChI is InChI=1S/C13H19NO3S/c1-10-5-7-12(8-6-10)18(16,17)14-13-4-2-3-11(13)9-15/h5-8,11,13-15H,2-4,9H2,1H3. The average molecular weight is 269 g/mol. The van der Waals surface area contributed by atoms with Crippen molar-refractivity contribution in [3.05, 3.63) is 29.8 Å². The van der Waals surface area contributed by atoms with Crippen molar-refractivity contribution in [2.24, 2.45) is 5.92 Å². The Morgan fingerprint density at radius 1 is 1.28 bits per heavy atom. The molecule has 0 spiro atoms. The van der Waals surface area contributed by atoms with Crippen LogP contribution in [0.15, 0.2) is 29.2 Å². The molecule has 0 bridgehead atoms. The van der Waals surface area contributed by atoms with Crippen molar-refractivity contribution in [3.63, 3.8) is 0 Å². The predicted molar refractivity (Wildman–Crippen MR) is 69.7 cm³/mol. The van der Waals surface area contributed by atoms with E-state index < -0.39 is 10.0 Å². The Kier molecular flexibility index (Phi) is 4.04. The van der Waals surface area contributed by atoms with E-state index in [2.05, 4.69) is 4.72 Å². The van der Waals surface area contributed by atoms with Crippen LogP contribution in [0.3, 0.4) is 0 Å². The molecule has 2 rings (SSSR count). The lowest BCUT2D eigenvalue weighted by Gasteiger charge is -2.19. The first-order valence-electron chi connectivity index (χ1n) is 6.23. The van der Waals surface area contributed by atoms with Crippen molar-refractivity contribution >= 4 is 10.0 Å². The van der Waals surface area contributed by atoms with E-state index in [0.29, 0.717) is 0 Å². The highest BCUT2D eigenvalue weighted by Gasteiger charge is 2.30. The molecule has 18 heavy (non-hydrogen) atoms. The monoisotopic (exact) mass is 269 g/mol. The first-order valence-corrected chi connectivity index (χ1v) is 7.71. The lowest BCUT2D eigenvalue weighted by molar-refractivity contribution is 0.213. The Morgan fingerprint density at radius 2 is 1.94 bits per heavy atom. The maximum Gasteiger partial charge on any atom is 0.240 e. The van der Waals surface area contributed by atoms with Gasteiger partial charge in [0.05, 0.1) is 4.90 Å². The highest BCUT2D eigenvalue weighted by atomic mass is 32.2. The van der Waals surface area contributed by atoms with Gasteiger partial charge >= 0.3 is 0 Å². The summed E-state index contributed by atoms with van der Waals surface area (Å²) in [6, 6.07) is 6.65. The molecular formula is C13H19NO3S. The molecule has 5 heteroatoms. The average Bonchev–Trinajstić information content (AvgIpc) is 2.76. The maximum atomic E-state index is 12.2. The van der Waals surface area contributed by atoms with Gasteiger partial charge in [0, 0.05) is 12.6 Å². The van der Waals surface area contributed by atoms with Gasteiger partial charge in [0.15, 0.2) is 0 Å². The van der Waals surface area contributed by atoms with Gasteiger partial charge in [-0.2, -0.15) is 0 Å². The zero-order chi connectivity index (χ0) is 13.2. The summed E-state index contributed by atoms with van der Waals surface area (Å²) in [6.07, 6.45) is 2.65. The summed E-state index contributed by atoms with van der Waals surface area (Å²) >= 11 is 0. The second-order valence-corrected chi connectivity index (χ2v) is 6.63. The van der Waals surface area contributed by atoms with Gasteiger partial charge in [-0.1, -0.05) is 24.1 Å². The van der Waals surface area contributed by atoms with Gasteiger partial charge < -0.3 is 5.11 Å². The molecule has 2 unspecified atom stereocenters. The third-order valence-electron chi connectivity index (χ3n) is 3.53. The zero-order valence-corrected chi connectivity index (χ0v) is 11.3. The topological polar surface area (TPSA) is 66.4 Å². The van der Waals surface area contributed by atoms with Crippen LogP contribution in [-0.2, 0) is 10.0 Å². The predicted octanol–water partition coefficient (Wildman–Crippen LogP) is 1.43. The largest absolute Gasteiger partial charge is 0.396 e. The van der Waals surface area contributed by atoms with Crippen molar-refractivity contribution in [2.75, 3.05) is 6.61 Å². The summed E-state index contributed by atoms with van der Waals surface area (Å²) < 4.78 is 27.0. The Labute approximate surface area is 108 Å².